The number of unbranched alkanes of at least 4 members (excludes halogenated alkanes) is 17. The van der Waals surface area contributed by atoms with Crippen LogP contribution in [-0.4, -0.2) is 63.3 Å². The zero-order valence-corrected chi connectivity index (χ0v) is 25.9. The highest BCUT2D eigenvalue weighted by molar-refractivity contribution is 6.02. The molecule has 0 amide bonds. The molecule has 0 aliphatic carbocycles. The lowest BCUT2D eigenvalue weighted by atomic mass is 10.0. The summed E-state index contributed by atoms with van der Waals surface area (Å²) in [7, 11) is 0. The molecule has 0 fully saturated rings. The zero-order chi connectivity index (χ0) is 29.6. The second-order valence-electron chi connectivity index (χ2n) is 10.8. The molecular formula is C34H58O7. The maximum atomic E-state index is 12.0. The highest BCUT2D eigenvalue weighted by Crippen LogP contribution is 2.14. The van der Waals surface area contributed by atoms with E-state index in [1.807, 2.05) is 0 Å². The first kappa shape index (κ1) is 37.1. The molecule has 0 unspecified atom stereocenters. The summed E-state index contributed by atoms with van der Waals surface area (Å²) in [5.41, 5.74) is -0.0392. The molecule has 0 radical (unpaired) electrons. The summed E-state index contributed by atoms with van der Waals surface area (Å²) in [6.07, 6.45) is 24.8. The largest absolute Gasteiger partial charge is 0.478 e. The van der Waals surface area contributed by atoms with Crippen LogP contribution in [0.25, 0.3) is 0 Å². The van der Waals surface area contributed by atoms with Crippen molar-refractivity contribution >= 4 is 11.9 Å². The molecule has 0 atom stereocenters. The number of hydrogen-bond acceptors (Lipinski definition) is 6. The van der Waals surface area contributed by atoms with Gasteiger partial charge in [-0.1, -0.05) is 128 Å². The topological polar surface area (TPSA) is 91.3 Å². The van der Waals surface area contributed by atoms with Gasteiger partial charge in [0.2, 0.25) is 0 Å². The molecule has 1 aromatic rings. The Morgan fingerprint density at radius 3 is 1.32 bits per heavy atom. The third-order valence-corrected chi connectivity index (χ3v) is 7.22. The van der Waals surface area contributed by atoms with Crippen molar-refractivity contribution in [3.05, 3.63) is 35.4 Å². The summed E-state index contributed by atoms with van der Waals surface area (Å²) in [6.45, 7) is 5.29. The monoisotopic (exact) mass is 578 g/mol. The van der Waals surface area contributed by atoms with Crippen LogP contribution in [0, 0.1) is 0 Å². The molecule has 0 aliphatic rings. The number of carboxylic acid groups (broad SMARTS) is 1. The van der Waals surface area contributed by atoms with Crippen LogP contribution in [0.5, 0.6) is 0 Å². The molecular weight excluding hydrogens is 520 g/mol. The van der Waals surface area contributed by atoms with Gasteiger partial charge in [-0.15, -0.1) is 0 Å². The molecule has 236 valence electrons. The van der Waals surface area contributed by atoms with Gasteiger partial charge in [-0.05, 0) is 18.6 Å². The van der Waals surface area contributed by atoms with Crippen LogP contribution in [0.15, 0.2) is 24.3 Å². The second-order valence-corrected chi connectivity index (χ2v) is 10.8. The van der Waals surface area contributed by atoms with Gasteiger partial charge in [-0.25, -0.2) is 9.59 Å². The number of ether oxygens (including phenoxy) is 4. The van der Waals surface area contributed by atoms with Gasteiger partial charge in [0.15, 0.2) is 0 Å². The SMILES string of the molecule is CCCCCCCCCCCCCCCCCCCCOCCOCCOCCOC(=O)c1ccccc1C(=O)O. The smallest absolute Gasteiger partial charge is 0.339 e. The lowest BCUT2D eigenvalue weighted by Crippen LogP contribution is -2.16. The molecule has 7 nitrogen and oxygen atoms in total. The lowest BCUT2D eigenvalue weighted by molar-refractivity contribution is 0.000120. The van der Waals surface area contributed by atoms with Crippen molar-refractivity contribution < 1.29 is 33.6 Å². The number of hydrogen-bond donors (Lipinski definition) is 1. The lowest BCUT2D eigenvalue weighted by Gasteiger charge is -2.08. The van der Waals surface area contributed by atoms with Crippen molar-refractivity contribution in [1.29, 1.82) is 0 Å². The maximum absolute atomic E-state index is 12.0. The normalized spacial score (nSPS) is 11.1. The van der Waals surface area contributed by atoms with Crippen LogP contribution in [0.4, 0.5) is 0 Å². The predicted octanol–water partition coefficient (Wildman–Crippen LogP) is 8.63. The van der Waals surface area contributed by atoms with Crippen LogP contribution < -0.4 is 0 Å². The Hall–Kier alpha value is -1.96. The third kappa shape index (κ3) is 22.3. The van der Waals surface area contributed by atoms with Gasteiger partial charge in [-0.3, -0.25) is 0 Å². The molecule has 41 heavy (non-hydrogen) atoms. The van der Waals surface area contributed by atoms with Crippen LogP contribution in [0.3, 0.4) is 0 Å². The minimum absolute atomic E-state index is 0.0355. The first-order valence-electron chi connectivity index (χ1n) is 16.4. The minimum Gasteiger partial charge on any atom is -0.478 e. The molecule has 0 bridgehead atoms. The summed E-state index contributed by atoms with van der Waals surface area (Å²) in [5, 5.41) is 9.14. The summed E-state index contributed by atoms with van der Waals surface area (Å²) in [6, 6.07) is 5.97. The Morgan fingerprint density at radius 1 is 0.512 bits per heavy atom. The molecule has 0 aliphatic heterocycles. The van der Waals surface area contributed by atoms with E-state index in [1.54, 1.807) is 12.1 Å². The predicted molar refractivity (Wildman–Crippen MR) is 165 cm³/mol. The number of benzene rings is 1. The summed E-state index contributed by atoms with van der Waals surface area (Å²) >= 11 is 0. The molecule has 0 saturated carbocycles. The summed E-state index contributed by atoms with van der Waals surface area (Å²) in [5.74, 6) is -1.83. The van der Waals surface area contributed by atoms with E-state index >= 15 is 0 Å². The Balaban J connectivity index is 1.73. The number of carbonyl (C=O) groups excluding carboxylic acids is 1. The fraction of sp³-hybridized carbons (Fsp3) is 0.765. The molecule has 0 saturated heterocycles. The van der Waals surface area contributed by atoms with Gasteiger partial charge in [0, 0.05) is 6.61 Å². The average Bonchev–Trinajstić information content (AvgIpc) is 2.98. The molecule has 1 aromatic carbocycles. The van der Waals surface area contributed by atoms with Gasteiger partial charge in [0.25, 0.3) is 0 Å². The van der Waals surface area contributed by atoms with Gasteiger partial charge in [0.05, 0.1) is 44.2 Å². The molecule has 0 heterocycles. The van der Waals surface area contributed by atoms with Crippen LogP contribution in [0.1, 0.15) is 143 Å². The number of aromatic carboxylic acids is 1. The Kier molecular flexibility index (Phi) is 25.5. The fourth-order valence-electron chi connectivity index (χ4n) is 4.77. The highest BCUT2D eigenvalue weighted by Gasteiger charge is 2.16. The van der Waals surface area contributed by atoms with Crippen molar-refractivity contribution in [2.45, 2.75) is 122 Å². The number of rotatable bonds is 30. The van der Waals surface area contributed by atoms with Crippen molar-refractivity contribution in [2.24, 2.45) is 0 Å². The molecule has 1 N–H and O–H groups in total. The van der Waals surface area contributed by atoms with E-state index in [0.717, 1.165) is 13.0 Å². The quantitative estimate of drug-likeness (QED) is 0.0721. The van der Waals surface area contributed by atoms with Crippen molar-refractivity contribution in [1.82, 2.24) is 0 Å². The first-order chi connectivity index (χ1) is 20.2. The Labute approximate surface area is 249 Å². The highest BCUT2D eigenvalue weighted by atomic mass is 16.6. The number of carbonyl (C=O) groups is 2. The van der Waals surface area contributed by atoms with Gasteiger partial charge in [0.1, 0.15) is 6.61 Å². The summed E-state index contributed by atoms with van der Waals surface area (Å²) in [4.78, 5) is 23.2. The van der Waals surface area contributed by atoms with Gasteiger partial charge in [-0.2, -0.15) is 0 Å². The Morgan fingerprint density at radius 2 is 0.878 bits per heavy atom. The van der Waals surface area contributed by atoms with Crippen LogP contribution >= 0.6 is 0 Å². The van der Waals surface area contributed by atoms with E-state index in [0.29, 0.717) is 26.4 Å². The van der Waals surface area contributed by atoms with Crippen LogP contribution in [-0.2, 0) is 18.9 Å². The molecule has 1 rings (SSSR count). The minimum atomic E-state index is -1.16. The second kappa shape index (κ2) is 28.2. The van der Waals surface area contributed by atoms with Crippen molar-refractivity contribution in [3.8, 4) is 0 Å². The maximum Gasteiger partial charge on any atom is 0.339 e. The molecule has 0 aromatic heterocycles. The molecule has 0 spiro atoms. The third-order valence-electron chi connectivity index (χ3n) is 7.22. The van der Waals surface area contributed by atoms with Gasteiger partial charge < -0.3 is 24.1 Å². The van der Waals surface area contributed by atoms with E-state index in [2.05, 4.69) is 6.92 Å². The first-order valence-corrected chi connectivity index (χ1v) is 16.4. The number of esters is 1. The average molecular weight is 579 g/mol. The van der Waals surface area contributed by atoms with Gasteiger partial charge >= 0.3 is 11.9 Å². The van der Waals surface area contributed by atoms with Crippen molar-refractivity contribution in [3.63, 3.8) is 0 Å². The number of carboxylic acids is 1. The van der Waals surface area contributed by atoms with Crippen molar-refractivity contribution in [2.75, 3.05) is 46.2 Å². The zero-order valence-electron chi connectivity index (χ0n) is 25.9. The standard InChI is InChI=1S/C34H58O7/c1-2-3-4-5-6-7-8-9-10-11-12-13-14-15-16-17-18-21-24-38-25-26-39-27-28-40-29-30-41-34(37)32-23-20-19-22-31(32)33(35)36/h19-20,22-23H,2-18,21,24-30H2,1H3,(H,35,36). The van der Waals surface area contributed by atoms with E-state index in [1.165, 1.54) is 121 Å². The molecule has 7 heteroatoms. The summed E-state index contributed by atoms with van der Waals surface area (Å²) < 4.78 is 21.6. The van der Waals surface area contributed by atoms with E-state index in [9.17, 15) is 9.59 Å². The van der Waals surface area contributed by atoms with E-state index in [-0.39, 0.29) is 24.3 Å². The van der Waals surface area contributed by atoms with E-state index < -0.39 is 11.9 Å². The van der Waals surface area contributed by atoms with Crippen LogP contribution in [0.2, 0.25) is 0 Å². The van der Waals surface area contributed by atoms with E-state index in [4.69, 9.17) is 24.1 Å². The Bertz CT molecular complexity index is 752. The fourth-order valence-corrected chi connectivity index (χ4v) is 4.77.